The number of benzene rings is 1. The van der Waals surface area contributed by atoms with Crippen molar-refractivity contribution in [1.29, 1.82) is 0 Å². The number of hydrogen-bond donors (Lipinski definition) is 2. The highest BCUT2D eigenvalue weighted by Gasteiger charge is 2.08. The van der Waals surface area contributed by atoms with Gasteiger partial charge in [0, 0.05) is 25.1 Å². The van der Waals surface area contributed by atoms with E-state index in [4.69, 9.17) is 0 Å². The summed E-state index contributed by atoms with van der Waals surface area (Å²) >= 11 is 0. The van der Waals surface area contributed by atoms with Crippen LogP contribution in [0, 0.1) is 0 Å². The third-order valence-electron chi connectivity index (χ3n) is 3.18. The van der Waals surface area contributed by atoms with Crippen LogP contribution in [0.2, 0.25) is 0 Å². The largest absolute Gasteiger partial charge is 0.347 e. The molecule has 0 aliphatic carbocycles. The monoisotopic (exact) mass is 267 g/mol. The molecule has 0 bridgehead atoms. The average molecular weight is 267 g/mol. The minimum Gasteiger partial charge on any atom is -0.347 e. The summed E-state index contributed by atoms with van der Waals surface area (Å²) in [5, 5.41) is 7.95. The second kappa shape index (κ2) is 5.71. The van der Waals surface area contributed by atoms with Crippen LogP contribution in [0.1, 0.15) is 24.5 Å². The molecule has 3 rings (SSSR count). The first-order valence-electron chi connectivity index (χ1n) is 6.65. The van der Waals surface area contributed by atoms with Crippen molar-refractivity contribution in [3.63, 3.8) is 0 Å². The van der Waals surface area contributed by atoms with Crippen LogP contribution < -0.4 is 5.32 Å². The van der Waals surface area contributed by atoms with Crippen molar-refractivity contribution in [1.82, 2.24) is 25.1 Å². The van der Waals surface area contributed by atoms with Crippen molar-refractivity contribution < 1.29 is 0 Å². The van der Waals surface area contributed by atoms with E-state index in [0.717, 1.165) is 17.2 Å². The van der Waals surface area contributed by atoms with Crippen molar-refractivity contribution >= 4 is 0 Å². The Morgan fingerprint density at radius 3 is 2.85 bits per heavy atom. The van der Waals surface area contributed by atoms with E-state index in [1.165, 1.54) is 0 Å². The van der Waals surface area contributed by atoms with Gasteiger partial charge in [0.05, 0.1) is 17.4 Å². The molecule has 0 radical (unpaired) electrons. The normalized spacial score (nSPS) is 12.4. The van der Waals surface area contributed by atoms with E-state index in [-0.39, 0.29) is 6.04 Å². The molecule has 0 aliphatic rings. The third kappa shape index (κ3) is 2.78. The Morgan fingerprint density at radius 1 is 1.25 bits per heavy atom. The molecule has 5 heteroatoms. The maximum Gasteiger partial charge on any atom is 0.122 e. The van der Waals surface area contributed by atoms with Gasteiger partial charge in [-0.25, -0.2) is 9.67 Å². The first-order chi connectivity index (χ1) is 9.83. The summed E-state index contributed by atoms with van der Waals surface area (Å²) < 4.78 is 1.88. The number of hydrogen-bond acceptors (Lipinski definition) is 3. The number of aromatic nitrogens is 4. The Hall–Kier alpha value is -2.40. The molecule has 3 aromatic rings. The lowest BCUT2D eigenvalue weighted by Crippen LogP contribution is -2.19. The van der Waals surface area contributed by atoms with Crippen LogP contribution in [0.3, 0.4) is 0 Å². The highest BCUT2D eigenvalue weighted by atomic mass is 15.3. The topological polar surface area (TPSA) is 58.5 Å². The molecule has 0 saturated heterocycles. The molecule has 0 fully saturated rings. The summed E-state index contributed by atoms with van der Waals surface area (Å²) in [5.41, 5.74) is 2.07. The number of aromatic amines is 1. The first kappa shape index (κ1) is 12.6. The van der Waals surface area contributed by atoms with Crippen LogP contribution in [0.4, 0.5) is 0 Å². The molecule has 0 aliphatic heterocycles. The van der Waals surface area contributed by atoms with Gasteiger partial charge in [-0.2, -0.15) is 5.10 Å². The van der Waals surface area contributed by atoms with Gasteiger partial charge in [0.1, 0.15) is 5.82 Å². The molecule has 102 valence electrons. The SMILES string of the molecule is CC(NCc1ccn(-c2ccccc2)n1)c1ncc[nH]1. The minimum absolute atomic E-state index is 0.173. The zero-order chi connectivity index (χ0) is 13.8. The molecule has 1 unspecified atom stereocenters. The van der Waals surface area contributed by atoms with Gasteiger partial charge in [0.25, 0.3) is 0 Å². The van der Waals surface area contributed by atoms with Gasteiger partial charge in [-0.1, -0.05) is 18.2 Å². The summed E-state index contributed by atoms with van der Waals surface area (Å²) in [5.74, 6) is 0.937. The number of H-pyrrole nitrogens is 1. The lowest BCUT2D eigenvalue weighted by Gasteiger charge is -2.09. The van der Waals surface area contributed by atoms with Crippen molar-refractivity contribution in [2.45, 2.75) is 19.5 Å². The predicted octanol–water partition coefficient (Wildman–Crippen LogP) is 2.45. The quantitative estimate of drug-likeness (QED) is 0.746. The molecule has 20 heavy (non-hydrogen) atoms. The second-order valence-corrected chi connectivity index (χ2v) is 4.66. The van der Waals surface area contributed by atoms with E-state index in [9.17, 15) is 0 Å². The van der Waals surface area contributed by atoms with Crippen LogP contribution in [-0.2, 0) is 6.54 Å². The smallest absolute Gasteiger partial charge is 0.122 e. The second-order valence-electron chi connectivity index (χ2n) is 4.66. The summed E-state index contributed by atoms with van der Waals surface area (Å²) in [6.07, 6.45) is 5.57. The number of nitrogens with one attached hydrogen (secondary N) is 2. The minimum atomic E-state index is 0.173. The highest BCUT2D eigenvalue weighted by Crippen LogP contribution is 2.09. The molecule has 0 amide bonds. The Bertz CT molecular complexity index is 642. The van der Waals surface area contributed by atoms with E-state index in [2.05, 4.69) is 27.3 Å². The fraction of sp³-hybridized carbons (Fsp3) is 0.200. The summed E-state index contributed by atoms with van der Waals surface area (Å²) in [4.78, 5) is 7.34. The first-order valence-corrected chi connectivity index (χ1v) is 6.65. The lowest BCUT2D eigenvalue weighted by molar-refractivity contribution is 0.542. The van der Waals surface area contributed by atoms with Crippen LogP contribution in [0.25, 0.3) is 5.69 Å². The standard InChI is InChI=1S/C15H17N5/c1-12(15-16-8-9-17-15)18-11-13-7-10-20(19-13)14-5-3-2-4-6-14/h2-10,12,18H,11H2,1H3,(H,16,17). The molecule has 1 atom stereocenters. The van der Waals surface area contributed by atoms with Gasteiger partial charge in [0.15, 0.2) is 0 Å². The zero-order valence-corrected chi connectivity index (χ0v) is 11.3. The maximum absolute atomic E-state index is 4.56. The third-order valence-corrected chi connectivity index (χ3v) is 3.18. The lowest BCUT2D eigenvalue weighted by atomic mass is 10.3. The molecule has 1 aromatic carbocycles. The summed E-state index contributed by atoms with van der Waals surface area (Å²) in [6.45, 7) is 2.79. The van der Waals surface area contributed by atoms with E-state index in [1.54, 1.807) is 6.20 Å². The Morgan fingerprint density at radius 2 is 2.10 bits per heavy atom. The van der Waals surface area contributed by atoms with Crippen molar-refractivity contribution in [3.05, 3.63) is 66.5 Å². The van der Waals surface area contributed by atoms with Gasteiger partial charge in [-0.05, 0) is 25.1 Å². The molecule has 0 saturated carbocycles. The van der Waals surface area contributed by atoms with Gasteiger partial charge in [-0.3, -0.25) is 0 Å². The van der Waals surface area contributed by atoms with E-state index in [1.807, 2.05) is 53.5 Å². The van der Waals surface area contributed by atoms with E-state index >= 15 is 0 Å². The zero-order valence-electron chi connectivity index (χ0n) is 11.3. The van der Waals surface area contributed by atoms with Gasteiger partial charge < -0.3 is 10.3 Å². The molecule has 2 aromatic heterocycles. The summed E-state index contributed by atoms with van der Waals surface area (Å²) in [6, 6.07) is 12.3. The van der Waals surface area contributed by atoms with Crippen LogP contribution in [-0.4, -0.2) is 19.7 Å². The Balaban J connectivity index is 1.63. The number of para-hydroxylation sites is 1. The molecule has 5 nitrogen and oxygen atoms in total. The molecule has 0 spiro atoms. The predicted molar refractivity (Wildman–Crippen MR) is 77.4 cm³/mol. The van der Waals surface area contributed by atoms with Gasteiger partial charge >= 0.3 is 0 Å². The number of nitrogens with zero attached hydrogens (tertiary/aromatic N) is 3. The summed E-state index contributed by atoms with van der Waals surface area (Å²) in [7, 11) is 0. The number of rotatable bonds is 5. The van der Waals surface area contributed by atoms with E-state index in [0.29, 0.717) is 6.54 Å². The van der Waals surface area contributed by atoms with Crippen LogP contribution >= 0.6 is 0 Å². The molecule has 2 heterocycles. The Labute approximate surface area is 117 Å². The fourth-order valence-electron chi connectivity index (χ4n) is 2.05. The average Bonchev–Trinajstić information content (AvgIpc) is 3.17. The number of imidazole rings is 1. The van der Waals surface area contributed by atoms with Gasteiger partial charge in [-0.15, -0.1) is 0 Å². The maximum atomic E-state index is 4.56. The molecular weight excluding hydrogens is 250 g/mol. The molecular formula is C15H17N5. The van der Waals surface area contributed by atoms with E-state index < -0.39 is 0 Å². The fourth-order valence-corrected chi connectivity index (χ4v) is 2.05. The van der Waals surface area contributed by atoms with Crippen LogP contribution in [0.5, 0.6) is 0 Å². The molecule has 2 N–H and O–H groups in total. The van der Waals surface area contributed by atoms with Crippen molar-refractivity contribution in [3.8, 4) is 5.69 Å². The van der Waals surface area contributed by atoms with Crippen molar-refractivity contribution in [2.24, 2.45) is 0 Å². The van der Waals surface area contributed by atoms with Gasteiger partial charge in [0.2, 0.25) is 0 Å². The highest BCUT2D eigenvalue weighted by molar-refractivity contribution is 5.30. The van der Waals surface area contributed by atoms with Crippen LogP contribution in [0.15, 0.2) is 55.0 Å². The Kier molecular flexibility index (Phi) is 3.60. The van der Waals surface area contributed by atoms with Crippen molar-refractivity contribution in [2.75, 3.05) is 0 Å².